The molecule has 0 fully saturated rings. The summed E-state index contributed by atoms with van der Waals surface area (Å²) in [5.41, 5.74) is 2.82. The maximum atomic E-state index is 12.9. The molecule has 0 bridgehead atoms. The van der Waals surface area contributed by atoms with Crippen LogP contribution in [0.4, 0.5) is 0 Å². The highest BCUT2D eigenvalue weighted by molar-refractivity contribution is 5.81. The molecule has 5 aromatic rings. The number of hydrogen-bond donors (Lipinski definition) is 0. The predicted molar refractivity (Wildman–Crippen MR) is 102 cm³/mol. The maximum Gasteiger partial charge on any atom is 0.281 e. The molecule has 5 rings (SSSR count). The van der Waals surface area contributed by atoms with Gasteiger partial charge in [-0.2, -0.15) is 5.10 Å². The van der Waals surface area contributed by atoms with Crippen LogP contribution in [0.15, 0.2) is 77.9 Å². The van der Waals surface area contributed by atoms with Crippen LogP contribution in [0.25, 0.3) is 27.6 Å². The molecule has 0 unspecified atom stereocenters. The van der Waals surface area contributed by atoms with Crippen molar-refractivity contribution in [1.82, 2.24) is 29.8 Å². The summed E-state index contributed by atoms with van der Waals surface area (Å²) in [7, 11) is 0. The van der Waals surface area contributed by atoms with E-state index in [1.54, 1.807) is 10.9 Å². The lowest BCUT2D eigenvalue weighted by molar-refractivity contribution is 0.599. The Bertz CT molecular complexity index is 1320. The minimum atomic E-state index is -0.227. The van der Waals surface area contributed by atoms with Crippen molar-refractivity contribution in [2.75, 3.05) is 0 Å². The molecule has 0 N–H and O–H groups in total. The van der Waals surface area contributed by atoms with Gasteiger partial charge in [-0.3, -0.25) is 9.78 Å². The zero-order valence-electron chi connectivity index (χ0n) is 14.2. The summed E-state index contributed by atoms with van der Waals surface area (Å²) in [4.78, 5) is 17.3. The summed E-state index contributed by atoms with van der Waals surface area (Å²) < 4.78 is 2.97. The molecule has 7 nitrogen and oxygen atoms in total. The fourth-order valence-corrected chi connectivity index (χ4v) is 3.18. The Morgan fingerprint density at radius 2 is 1.78 bits per heavy atom. The van der Waals surface area contributed by atoms with E-state index in [0.29, 0.717) is 17.6 Å². The van der Waals surface area contributed by atoms with Crippen LogP contribution in [-0.2, 0) is 6.54 Å². The van der Waals surface area contributed by atoms with Crippen molar-refractivity contribution in [3.63, 3.8) is 0 Å². The zero-order valence-corrected chi connectivity index (χ0v) is 14.2. The highest BCUT2D eigenvalue weighted by Gasteiger charge is 2.13. The molecule has 130 valence electrons. The minimum Gasteiger partial charge on any atom is -0.267 e. The average molecular weight is 354 g/mol. The first kappa shape index (κ1) is 15.4. The predicted octanol–water partition coefficient (Wildman–Crippen LogP) is 2.57. The summed E-state index contributed by atoms with van der Waals surface area (Å²) in [6.45, 7) is 0.298. The van der Waals surface area contributed by atoms with E-state index in [2.05, 4.69) is 20.4 Å². The van der Waals surface area contributed by atoms with E-state index in [-0.39, 0.29) is 5.56 Å². The average Bonchev–Trinajstić information content (AvgIpc) is 3.16. The van der Waals surface area contributed by atoms with Gasteiger partial charge in [0.1, 0.15) is 5.39 Å². The van der Waals surface area contributed by atoms with Crippen molar-refractivity contribution >= 4 is 21.9 Å². The third kappa shape index (κ3) is 2.56. The number of fused-ring (bicyclic) bond motifs is 2. The first-order chi connectivity index (χ1) is 13.3. The van der Waals surface area contributed by atoms with E-state index in [0.717, 1.165) is 22.2 Å². The third-order valence-electron chi connectivity index (χ3n) is 4.49. The number of hydrogen-bond acceptors (Lipinski definition) is 5. The first-order valence-electron chi connectivity index (χ1n) is 8.51. The number of aromatic nitrogens is 6. The Morgan fingerprint density at radius 1 is 0.926 bits per heavy atom. The molecule has 27 heavy (non-hydrogen) atoms. The highest BCUT2D eigenvalue weighted by Crippen LogP contribution is 2.17. The van der Waals surface area contributed by atoms with Crippen LogP contribution >= 0.6 is 0 Å². The number of nitrogens with zero attached hydrogens (tertiary/aromatic N) is 6. The second-order valence-electron chi connectivity index (χ2n) is 6.17. The van der Waals surface area contributed by atoms with Crippen molar-refractivity contribution in [2.24, 2.45) is 0 Å². The highest BCUT2D eigenvalue weighted by atomic mass is 16.1. The number of pyridine rings is 1. The normalized spacial score (nSPS) is 11.3. The van der Waals surface area contributed by atoms with E-state index in [1.807, 2.05) is 60.7 Å². The fourth-order valence-electron chi connectivity index (χ4n) is 3.18. The minimum absolute atomic E-state index is 0.227. The summed E-state index contributed by atoms with van der Waals surface area (Å²) in [6, 6.07) is 19.3. The van der Waals surface area contributed by atoms with Crippen molar-refractivity contribution < 1.29 is 0 Å². The summed E-state index contributed by atoms with van der Waals surface area (Å²) in [5, 5.41) is 14.1. The van der Waals surface area contributed by atoms with E-state index in [4.69, 9.17) is 0 Å². The molecule has 0 saturated carbocycles. The third-order valence-corrected chi connectivity index (χ3v) is 4.49. The van der Waals surface area contributed by atoms with Gasteiger partial charge in [-0.1, -0.05) is 47.7 Å². The Labute approximate surface area is 153 Å². The SMILES string of the molecule is O=c1c2cnn(-c3ccccc3)c2nnn1Cc1cccc2cccnc12. The van der Waals surface area contributed by atoms with Gasteiger partial charge in [-0.25, -0.2) is 9.36 Å². The van der Waals surface area contributed by atoms with Gasteiger partial charge >= 0.3 is 0 Å². The Balaban J connectivity index is 1.61. The lowest BCUT2D eigenvalue weighted by atomic mass is 10.1. The molecular formula is C20H14N6O. The van der Waals surface area contributed by atoms with E-state index >= 15 is 0 Å². The summed E-state index contributed by atoms with van der Waals surface area (Å²) in [5.74, 6) is 0. The lowest BCUT2D eigenvalue weighted by Crippen LogP contribution is -2.25. The van der Waals surface area contributed by atoms with Gasteiger partial charge in [0.05, 0.1) is 23.9 Å². The van der Waals surface area contributed by atoms with Crippen LogP contribution in [-0.4, -0.2) is 29.8 Å². The fraction of sp³-hybridized carbons (Fsp3) is 0.0500. The van der Waals surface area contributed by atoms with Gasteiger partial charge in [-0.15, -0.1) is 5.10 Å². The number of para-hydroxylation sites is 2. The van der Waals surface area contributed by atoms with Crippen molar-refractivity contribution in [2.45, 2.75) is 6.54 Å². The standard InChI is InChI=1S/C20H14N6O/c27-20-17-12-22-26(16-9-2-1-3-10-16)19(17)23-24-25(20)13-15-7-4-6-14-8-5-11-21-18(14)15/h1-12H,13H2. The molecule has 3 aromatic heterocycles. The topological polar surface area (TPSA) is 78.5 Å². The van der Waals surface area contributed by atoms with Crippen LogP contribution in [0, 0.1) is 0 Å². The van der Waals surface area contributed by atoms with Crippen LogP contribution in [0.1, 0.15) is 5.56 Å². The maximum absolute atomic E-state index is 12.9. The van der Waals surface area contributed by atoms with Gasteiger partial charge in [0.2, 0.25) is 0 Å². The van der Waals surface area contributed by atoms with E-state index in [1.165, 1.54) is 10.9 Å². The monoisotopic (exact) mass is 354 g/mol. The van der Waals surface area contributed by atoms with Crippen molar-refractivity contribution in [3.8, 4) is 5.69 Å². The molecule has 0 aliphatic carbocycles. The Hall–Kier alpha value is -3.87. The molecular weight excluding hydrogens is 340 g/mol. The zero-order chi connectivity index (χ0) is 18.2. The van der Waals surface area contributed by atoms with E-state index < -0.39 is 0 Å². The van der Waals surface area contributed by atoms with Gasteiger partial charge in [0, 0.05) is 17.1 Å². The molecule has 0 atom stereocenters. The second kappa shape index (κ2) is 6.14. The molecule has 0 aliphatic rings. The molecule has 0 spiro atoms. The molecule has 2 aromatic carbocycles. The molecule has 0 amide bonds. The molecule has 0 aliphatic heterocycles. The second-order valence-corrected chi connectivity index (χ2v) is 6.17. The molecule has 7 heteroatoms. The van der Waals surface area contributed by atoms with Gasteiger partial charge in [0.25, 0.3) is 5.56 Å². The van der Waals surface area contributed by atoms with Crippen LogP contribution in [0.2, 0.25) is 0 Å². The molecule has 3 heterocycles. The number of rotatable bonds is 3. The van der Waals surface area contributed by atoms with Crippen molar-refractivity contribution in [3.05, 3.63) is 89.0 Å². The van der Waals surface area contributed by atoms with Crippen molar-refractivity contribution in [1.29, 1.82) is 0 Å². The largest absolute Gasteiger partial charge is 0.281 e. The lowest BCUT2D eigenvalue weighted by Gasteiger charge is -2.07. The van der Waals surface area contributed by atoms with Crippen LogP contribution < -0.4 is 5.56 Å². The van der Waals surface area contributed by atoms with Crippen LogP contribution in [0.5, 0.6) is 0 Å². The summed E-state index contributed by atoms with van der Waals surface area (Å²) in [6.07, 6.45) is 3.28. The first-order valence-corrected chi connectivity index (χ1v) is 8.51. The number of benzene rings is 2. The van der Waals surface area contributed by atoms with E-state index in [9.17, 15) is 4.79 Å². The van der Waals surface area contributed by atoms with Gasteiger partial charge in [-0.05, 0) is 18.2 Å². The van der Waals surface area contributed by atoms with Crippen LogP contribution in [0.3, 0.4) is 0 Å². The van der Waals surface area contributed by atoms with Gasteiger partial charge in [0.15, 0.2) is 5.65 Å². The Kier molecular flexibility index (Phi) is 3.50. The Morgan fingerprint density at radius 3 is 2.67 bits per heavy atom. The smallest absolute Gasteiger partial charge is 0.267 e. The molecule has 0 saturated heterocycles. The molecule has 0 radical (unpaired) electrons. The van der Waals surface area contributed by atoms with Gasteiger partial charge < -0.3 is 0 Å². The quantitative estimate of drug-likeness (QED) is 0.498. The summed E-state index contributed by atoms with van der Waals surface area (Å²) >= 11 is 0.